The lowest BCUT2D eigenvalue weighted by Crippen LogP contribution is -2.46. The summed E-state index contributed by atoms with van der Waals surface area (Å²) in [5, 5.41) is 0. The fourth-order valence-corrected chi connectivity index (χ4v) is 5.96. The third-order valence-corrected chi connectivity index (χ3v) is 5.98. The zero-order chi connectivity index (χ0) is 11.6. The van der Waals surface area contributed by atoms with E-state index in [4.69, 9.17) is 0 Å². The third-order valence-electron chi connectivity index (χ3n) is 5.98. The van der Waals surface area contributed by atoms with Gasteiger partial charge in [-0.05, 0) is 80.1 Å². The smallest absolute Gasteiger partial charge is 0.00395 e. The average molecular weight is 228 g/mol. The highest BCUT2D eigenvalue weighted by Gasteiger charge is 2.52. The summed E-state index contributed by atoms with van der Waals surface area (Å²) >= 11 is 0. The van der Waals surface area contributed by atoms with E-state index in [1.165, 1.54) is 19.3 Å². The van der Waals surface area contributed by atoms with E-state index >= 15 is 0 Å². The molecule has 0 aromatic heterocycles. The second-order valence-corrected chi connectivity index (χ2v) is 7.49. The van der Waals surface area contributed by atoms with Crippen LogP contribution in [0.15, 0.2) is 23.3 Å². The predicted octanol–water partition coefficient (Wildman–Crippen LogP) is 4.73. The standard InChI is InChI=1S/C17H24/c1-11-3-12(2)16(4-11)17-8-13-5-14(9-17)7-15(6-13)10-17/h3-4,11,13-15H,5-10H2,1-2H3. The Morgan fingerprint density at radius 3 is 1.88 bits per heavy atom. The monoisotopic (exact) mass is 228 g/mol. The molecule has 0 radical (unpaired) electrons. The molecule has 0 heteroatoms. The molecule has 0 spiro atoms. The van der Waals surface area contributed by atoms with E-state index in [0.29, 0.717) is 11.3 Å². The summed E-state index contributed by atoms with van der Waals surface area (Å²) < 4.78 is 0. The van der Waals surface area contributed by atoms with Gasteiger partial charge in [0.25, 0.3) is 0 Å². The minimum Gasteiger partial charge on any atom is -0.0747 e. The maximum Gasteiger partial charge on any atom is -0.00395 e. The van der Waals surface area contributed by atoms with Gasteiger partial charge in [-0.1, -0.05) is 24.6 Å². The first kappa shape index (κ1) is 10.4. The van der Waals surface area contributed by atoms with Crippen LogP contribution in [-0.2, 0) is 0 Å². The Kier molecular flexibility index (Phi) is 2.00. The van der Waals surface area contributed by atoms with E-state index < -0.39 is 0 Å². The topological polar surface area (TPSA) is 0 Å². The van der Waals surface area contributed by atoms with Gasteiger partial charge >= 0.3 is 0 Å². The van der Waals surface area contributed by atoms with E-state index in [9.17, 15) is 0 Å². The normalized spacial score (nSPS) is 51.6. The molecule has 0 saturated heterocycles. The van der Waals surface area contributed by atoms with Gasteiger partial charge in [-0.25, -0.2) is 0 Å². The van der Waals surface area contributed by atoms with Gasteiger partial charge in [-0.2, -0.15) is 0 Å². The van der Waals surface area contributed by atoms with E-state index in [2.05, 4.69) is 26.0 Å². The van der Waals surface area contributed by atoms with Crippen molar-refractivity contribution < 1.29 is 0 Å². The molecule has 0 amide bonds. The average Bonchev–Trinajstić information content (AvgIpc) is 2.56. The van der Waals surface area contributed by atoms with E-state index in [1.807, 2.05) is 0 Å². The molecule has 5 rings (SSSR count). The van der Waals surface area contributed by atoms with Crippen molar-refractivity contribution in [1.82, 2.24) is 0 Å². The Morgan fingerprint density at radius 1 is 0.941 bits per heavy atom. The van der Waals surface area contributed by atoms with E-state index in [1.54, 1.807) is 30.4 Å². The van der Waals surface area contributed by atoms with Crippen molar-refractivity contribution in [3.05, 3.63) is 23.3 Å². The highest BCUT2D eigenvalue weighted by Crippen LogP contribution is 2.64. The molecule has 92 valence electrons. The summed E-state index contributed by atoms with van der Waals surface area (Å²) in [6.45, 7) is 4.70. The minimum absolute atomic E-state index is 0.625. The summed E-state index contributed by atoms with van der Waals surface area (Å²) in [5.41, 5.74) is 4.00. The first-order valence-electron chi connectivity index (χ1n) is 7.56. The van der Waals surface area contributed by atoms with Gasteiger partial charge in [0, 0.05) is 0 Å². The van der Waals surface area contributed by atoms with Gasteiger partial charge in [-0.3, -0.25) is 0 Å². The van der Waals surface area contributed by atoms with Crippen molar-refractivity contribution in [3.8, 4) is 0 Å². The lowest BCUT2D eigenvalue weighted by atomic mass is 9.47. The van der Waals surface area contributed by atoms with Gasteiger partial charge in [0.2, 0.25) is 0 Å². The van der Waals surface area contributed by atoms with Crippen molar-refractivity contribution in [1.29, 1.82) is 0 Å². The molecule has 0 aromatic rings. The summed E-state index contributed by atoms with van der Waals surface area (Å²) in [5.74, 6) is 3.92. The van der Waals surface area contributed by atoms with Crippen molar-refractivity contribution >= 4 is 0 Å². The third kappa shape index (κ3) is 1.42. The molecule has 4 saturated carbocycles. The molecule has 5 aliphatic rings. The fourth-order valence-electron chi connectivity index (χ4n) is 5.96. The highest BCUT2D eigenvalue weighted by atomic mass is 14.6. The van der Waals surface area contributed by atoms with Crippen LogP contribution in [0.2, 0.25) is 0 Å². The maximum atomic E-state index is 2.59. The molecule has 4 bridgehead atoms. The van der Waals surface area contributed by atoms with Crippen molar-refractivity contribution in [2.75, 3.05) is 0 Å². The number of hydrogen-bond acceptors (Lipinski definition) is 0. The molecule has 17 heavy (non-hydrogen) atoms. The Morgan fingerprint density at radius 2 is 1.47 bits per heavy atom. The Bertz CT molecular complexity index is 374. The Labute approximate surface area is 105 Å². The highest BCUT2D eigenvalue weighted by molar-refractivity contribution is 5.43. The largest absolute Gasteiger partial charge is 0.0747 e. The summed E-state index contributed by atoms with van der Waals surface area (Å²) in [6, 6.07) is 0. The van der Waals surface area contributed by atoms with Gasteiger partial charge < -0.3 is 0 Å². The summed E-state index contributed by atoms with van der Waals surface area (Å²) in [6.07, 6.45) is 14.3. The Balaban J connectivity index is 1.74. The van der Waals surface area contributed by atoms with Crippen LogP contribution in [0.25, 0.3) is 0 Å². The molecule has 0 N–H and O–H groups in total. The molecular formula is C17H24. The first-order valence-corrected chi connectivity index (χ1v) is 7.56. The number of rotatable bonds is 1. The van der Waals surface area contributed by atoms with E-state index in [-0.39, 0.29) is 0 Å². The molecule has 0 aliphatic heterocycles. The molecule has 1 atom stereocenters. The lowest BCUT2D eigenvalue weighted by Gasteiger charge is -2.57. The Hall–Kier alpha value is -0.520. The lowest BCUT2D eigenvalue weighted by molar-refractivity contribution is -0.0291. The zero-order valence-electron chi connectivity index (χ0n) is 11.2. The van der Waals surface area contributed by atoms with Crippen LogP contribution in [0.4, 0.5) is 0 Å². The zero-order valence-corrected chi connectivity index (χ0v) is 11.2. The van der Waals surface area contributed by atoms with Crippen molar-refractivity contribution in [3.63, 3.8) is 0 Å². The summed E-state index contributed by atoms with van der Waals surface area (Å²) in [7, 11) is 0. The van der Waals surface area contributed by atoms with Crippen LogP contribution in [0.3, 0.4) is 0 Å². The van der Waals surface area contributed by atoms with Gasteiger partial charge in [-0.15, -0.1) is 0 Å². The van der Waals surface area contributed by atoms with Crippen molar-refractivity contribution in [2.45, 2.75) is 52.4 Å². The number of hydrogen-bond donors (Lipinski definition) is 0. The molecule has 5 aliphatic carbocycles. The molecule has 1 unspecified atom stereocenters. The van der Waals surface area contributed by atoms with Crippen LogP contribution in [0, 0.1) is 29.1 Å². The van der Waals surface area contributed by atoms with Crippen LogP contribution in [-0.4, -0.2) is 0 Å². The van der Waals surface area contributed by atoms with E-state index in [0.717, 1.165) is 17.8 Å². The van der Waals surface area contributed by atoms with Crippen LogP contribution in [0.1, 0.15) is 52.4 Å². The summed E-state index contributed by atoms with van der Waals surface area (Å²) in [4.78, 5) is 0. The number of allylic oxidation sites excluding steroid dienone is 4. The quantitative estimate of drug-likeness (QED) is 0.609. The second kappa shape index (κ2) is 3.28. The van der Waals surface area contributed by atoms with Crippen LogP contribution >= 0.6 is 0 Å². The first-order chi connectivity index (χ1) is 8.14. The SMILES string of the molecule is CC1=CC(C)C=C1C12CC3CC(CC(C3)C1)C2. The maximum absolute atomic E-state index is 2.59. The second-order valence-electron chi connectivity index (χ2n) is 7.49. The van der Waals surface area contributed by atoms with Crippen LogP contribution in [0.5, 0.6) is 0 Å². The molecule has 0 heterocycles. The molecule has 0 aromatic carbocycles. The van der Waals surface area contributed by atoms with Gasteiger partial charge in [0.1, 0.15) is 0 Å². The molecular weight excluding hydrogens is 204 g/mol. The van der Waals surface area contributed by atoms with Gasteiger partial charge in [0.05, 0.1) is 0 Å². The van der Waals surface area contributed by atoms with Gasteiger partial charge in [0.15, 0.2) is 0 Å². The van der Waals surface area contributed by atoms with Crippen molar-refractivity contribution in [2.24, 2.45) is 29.1 Å². The molecule has 4 fully saturated rings. The predicted molar refractivity (Wildman–Crippen MR) is 71.6 cm³/mol. The molecule has 0 nitrogen and oxygen atoms in total. The minimum atomic E-state index is 0.625. The fraction of sp³-hybridized carbons (Fsp3) is 0.765. The van der Waals surface area contributed by atoms with Crippen LogP contribution < -0.4 is 0 Å².